The fourth-order valence-electron chi connectivity index (χ4n) is 7.11. The van der Waals surface area contributed by atoms with Crippen molar-refractivity contribution in [1.29, 1.82) is 0 Å². The number of piperidine rings is 1. The van der Waals surface area contributed by atoms with Crippen LogP contribution in [0.25, 0.3) is 28.2 Å². The van der Waals surface area contributed by atoms with Crippen LogP contribution in [0, 0.1) is 0 Å². The summed E-state index contributed by atoms with van der Waals surface area (Å²) >= 11 is 0. The number of aliphatic carboxylic acids is 1. The molecule has 2 aliphatic rings. The van der Waals surface area contributed by atoms with Crippen LogP contribution < -0.4 is 10.2 Å². The van der Waals surface area contributed by atoms with Crippen LogP contribution in [-0.2, 0) is 20.9 Å². The molecule has 2 fully saturated rings. The molecule has 1 unspecified atom stereocenters. The molecule has 4 aromatic rings. The van der Waals surface area contributed by atoms with Crippen LogP contribution in [0.15, 0.2) is 78.9 Å². The molecule has 0 bridgehead atoms. The van der Waals surface area contributed by atoms with Gasteiger partial charge in [0.1, 0.15) is 12.6 Å². The third-order valence-electron chi connectivity index (χ3n) is 9.59. The number of nitrogens with one attached hydrogen (secondary N) is 1. The van der Waals surface area contributed by atoms with Crippen LogP contribution in [0.5, 0.6) is 0 Å². The molecular formula is C39H42N4O5. The van der Waals surface area contributed by atoms with Gasteiger partial charge in [0, 0.05) is 43.4 Å². The Kier molecular flexibility index (Phi) is 9.75. The van der Waals surface area contributed by atoms with E-state index in [-0.39, 0.29) is 24.3 Å². The van der Waals surface area contributed by atoms with Gasteiger partial charge in [-0.25, -0.2) is 4.79 Å². The fraction of sp³-hybridized carbons (Fsp3) is 0.333. The molecule has 2 heterocycles. The molecule has 1 atom stereocenters. The highest BCUT2D eigenvalue weighted by atomic mass is 16.4. The van der Waals surface area contributed by atoms with E-state index in [4.69, 9.17) is 5.11 Å². The molecular weight excluding hydrogens is 604 g/mol. The minimum absolute atomic E-state index is 0.0343. The lowest BCUT2D eigenvalue weighted by molar-refractivity contribution is -0.131. The van der Waals surface area contributed by atoms with Crippen LogP contribution >= 0.6 is 0 Å². The lowest BCUT2D eigenvalue weighted by Crippen LogP contribution is -2.52. The monoisotopic (exact) mass is 646 g/mol. The van der Waals surface area contributed by atoms with E-state index in [1.165, 1.54) is 30.9 Å². The van der Waals surface area contributed by atoms with E-state index in [0.29, 0.717) is 35.7 Å². The molecule has 9 heteroatoms. The molecule has 2 N–H and O–H groups in total. The summed E-state index contributed by atoms with van der Waals surface area (Å²) in [4.78, 5) is 54.7. The molecule has 3 amide bonds. The molecule has 9 nitrogen and oxygen atoms in total. The van der Waals surface area contributed by atoms with Gasteiger partial charge in [-0.05, 0) is 78.6 Å². The van der Waals surface area contributed by atoms with Crippen LogP contribution in [0.2, 0.25) is 0 Å². The number of aromatic nitrogens is 1. The van der Waals surface area contributed by atoms with Gasteiger partial charge in [-0.1, -0.05) is 67.8 Å². The predicted octanol–water partition coefficient (Wildman–Crippen LogP) is 6.47. The van der Waals surface area contributed by atoms with Crippen LogP contribution in [0.4, 0.5) is 5.69 Å². The number of carboxylic acid groups (broad SMARTS) is 1. The first kappa shape index (κ1) is 32.7. The van der Waals surface area contributed by atoms with E-state index in [0.717, 1.165) is 47.5 Å². The molecule has 0 radical (unpaired) electrons. The Morgan fingerprint density at radius 1 is 0.917 bits per heavy atom. The van der Waals surface area contributed by atoms with Crippen LogP contribution in [0.1, 0.15) is 72.3 Å². The molecule has 1 aliphatic heterocycles. The van der Waals surface area contributed by atoms with Gasteiger partial charge >= 0.3 is 5.97 Å². The first-order chi connectivity index (χ1) is 23.2. The normalized spacial score (nSPS) is 17.2. The van der Waals surface area contributed by atoms with Gasteiger partial charge < -0.3 is 24.8 Å². The summed E-state index contributed by atoms with van der Waals surface area (Å²) in [5, 5.41) is 13.0. The SMILES string of the molecule is CN(C)C(=O)Cn1c(-c2ccccc2)c(C2CCCCC2)c2ccc(C(=O)NC3CCCN(c4ccc(C=CC(=O)O)cc4)C3=O)cc21. The predicted molar refractivity (Wildman–Crippen MR) is 188 cm³/mol. The Balaban J connectivity index is 1.32. The van der Waals surface area contributed by atoms with Gasteiger partial charge in [0.05, 0.1) is 11.2 Å². The number of amides is 3. The largest absolute Gasteiger partial charge is 0.478 e. The Bertz CT molecular complexity index is 1850. The van der Waals surface area contributed by atoms with E-state index in [1.807, 2.05) is 36.4 Å². The first-order valence-electron chi connectivity index (χ1n) is 16.8. The Morgan fingerprint density at radius 3 is 2.33 bits per heavy atom. The van der Waals surface area contributed by atoms with E-state index >= 15 is 0 Å². The lowest BCUT2D eigenvalue weighted by Gasteiger charge is -2.32. The lowest BCUT2D eigenvalue weighted by atomic mass is 9.82. The first-order valence-corrected chi connectivity index (χ1v) is 16.8. The van der Waals surface area contributed by atoms with Gasteiger partial charge in [-0.15, -0.1) is 0 Å². The van der Waals surface area contributed by atoms with E-state index in [9.17, 15) is 19.2 Å². The van der Waals surface area contributed by atoms with Crippen molar-refractivity contribution in [1.82, 2.24) is 14.8 Å². The number of hydrogen-bond acceptors (Lipinski definition) is 4. The zero-order valence-electron chi connectivity index (χ0n) is 27.5. The third-order valence-corrected chi connectivity index (χ3v) is 9.59. The van der Waals surface area contributed by atoms with Crippen LogP contribution in [0.3, 0.4) is 0 Å². The Morgan fingerprint density at radius 2 is 1.65 bits per heavy atom. The minimum atomic E-state index is -1.03. The van der Waals surface area contributed by atoms with Crippen molar-refractivity contribution in [2.75, 3.05) is 25.5 Å². The number of hydrogen-bond donors (Lipinski definition) is 2. The molecule has 0 spiro atoms. The second-order valence-corrected chi connectivity index (χ2v) is 13.0. The summed E-state index contributed by atoms with van der Waals surface area (Å²) < 4.78 is 2.08. The standard InChI is InChI=1S/C39H42N4O5/c1-41(2)34(44)25-43-33-24-29(18-21-31(33)36(27-10-5-3-6-11-27)37(43)28-12-7-4-8-13-28)38(47)40-32-14-9-23-42(39(32)48)30-19-15-26(16-20-30)17-22-35(45)46/h4,7-8,12-13,15-22,24,27,32H,3,5-6,9-11,14,23,25H2,1-2H3,(H,40,47)(H,45,46). The number of nitrogens with zero attached hydrogens (tertiary/aromatic N) is 3. The smallest absolute Gasteiger partial charge is 0.328 e. The number of rotatable bonds is 9. The van der Waals surface area contributed by atoms with Gasteiger partial charge in [0.2, 0.25) is 11.8 Å². The second kappa shape index (κ2) is 14.3. The van der Waals surface area contributed by atoms with Crippen molar-refractivity contribution in [2.45, 2.75) is 63.5 Å². The summed E-state index contributed by atoms with van der Waals surface area (Å²) in [6, 6.07) is 22.4. The van der Waals surface area contributed by atoms with Gasteiger partial charge in [0.15, 0.2) is 0 Å². The maximum Gasteiger partial charge on any atom is 0.328 e. The van der Waals surface area contributed by atoms with Crippen molar-refractivity contribution in [3.8, 4) is 11.3 Å². The summed E-state index contributed by atoms with van der Waals surface area (Å²) in [5.74, 6) is -1.22. The van der Waals surface area contributed by atoms with Gasteiger partial charge in [0.25, 0.3) is 5.91 Å². The zero-order valence-corrected chi connectivity index (χ0v) is 27.5. The third kappa shape index (κ3) is 6.90. The summed E-state index contributed by atoms with van der Waals surface area (Å²) in [5.41, 5.74) is 6.01. The van der Waals surface area contributed by atoms with Crippen LogP contribution in [-0.4, -0.2) is 64.9 Å². The quantitative estimate of drug-likeness (QED) is 0.203. The Hall–Kier alpha value is -5.18. The number of anilines is 1. The van der Waals surface area contributed by atoms with Crippen molar-refractivity contribution in [3.05, 3.63) is 95.6 Å². The van der Waals surface area contributed by atoms with Crippen molar-refractivity contribution >= 4 is 46.4 Å². The number of carbonyl (C=O) groups is 4. The molecule has 48 heavy (non-hydrogen) atoms. The second-order valence-electron chi connectivity index (χ2n) is 13.0. The van der Waals surface area contributed by atoms with E-state index in [2.05, 4.69) is 22.0 Å². The molecule has 1 saturated carbocycles. The molecule has 1 saturated heterocycles. The topological polar surface area (TPSA) is 112 Å². The number of carbonyl (C=O) groups excluding carboxylic acids is 3. The van der Waals surface area contributed by atoms with Crippen molar-refractivity contribution in [3.63, 3.8) is 0 Å². The summed E-state index contributed by atoms with van der Waals surface area (Å²) in [6.45, 7) is 0.674. The molecule has 1 aromatic heterocycles. The number of benzene rings is 3. The molecule has 6 rings (SSSR count). The van der Waals surface area contributed by atoms with Gasteiger partial charge in [-0.3, -0.25) is 14.4 Å². The molecule has 3 aromatic carbocycles. The molecule has 248 valence electrons. The summed E-state index contributed by atoms with van der Waals surface area (Å²) in [7, 11) is 3.51. The fourth-order valence-corrected chi connectivity index (χ4v) is 7.11. The maximum absolute atomic E-state index is 13.8. The number of fused-ring (bicyclic) bond motifs is 1. The van der Waals surface area contributed by atoms with Crippen molar-refractivity contribution in [2.24, 2.45) is 0 Å². The highest BCUT2D eigenvalue weighted by Crippen LogP contribution is 2.44. The van der Waals surface area contributed by atoms with E-state index in [1.54, 1.807) is 48.2 Å². The zero-order chi connectivity index (χ0) is 33.8. The highest BCUT2D eigenvalue weighted by Gasteiger charge is 2.32. The number of likely N-dealkylation sites (N-methyl/N-ethyl adjacent to an activating group) is 1. The van der Waals surface area contributed by atoms with Gasteiger partial charge in [-0.2, -0.15) is 0 Å². The Labute approximate surface area is 280 Å². The van der Waals surface area contributed by atoms with Crippen molar-refractivity contribution < 1.29 is 24.3 Å². The minimum Gasteiger partial charge on any atom is -0.478 e. The number of carboxylic acids is 1. The highest BCUT2D eigenvalue weighted by molar-refractivity contribution is 6.05. The maximum atomic E-state index is 13.8. The van der Waals surface area contributed by atoms with E-state index < -0.39 is 12.0 Å². The average Bonchev–Trinajstić information content (AvgIpc) is 3.42. The molecule has 1 aliphatic carbocycles. The summed E-state index contributed by atoms with van der Waals surface area (Å²) in [6.07, 6.45) is 9.55. The average molecular weight is 647 g/mol.